The molecule has 4 heteroatoms. The standard InChI is InChI=1S/C22H21NO3/c1-2-3-12-23(16-13-25-14-16)22(24)26-15-21-19-10-6-4-8-17(19)18-9-5-7-11-20(18)21/h1,4-11,16,21H,3,12-15H2. The van der Waals surface area contributed by atoms with Gasteiger partial charge in [0.1, 0.15) is 6.61 Å². The van der Waals surface area contributed by atoms with Gasteiger partial charge in [0.2, 0.25) is 0 Å². The molecule has 26 heavy (non-hydrogen) atoms. The third-order valence-corrected chi connectivity index (χ3v) is 5.13. The van der Waals surface area contributed by atoms with Crippen LogP contribution >= 0.6 is 0 Å². The Morgan fingerprint density at radius 2 is 1.73 bits per heavy atom. The molecular weight excluding hydrogens is 326 g/mol. The van der Waals surface area contributed by atoms with E-state index in [4.69, 9.17) is 15.9 Å². The Kier molecular flexibility index (Phi) is 4.64. The van der Waals surface area contributed by atoms with Crippen molar-refractivity contribution in [2.24, 2.45) is 0 Å². The fourth-order valence-electron chi connectivity index (χ4n) is 3.69. The van der Waals surface area contributed by atoms with Gasteiger partial charge in [-0.2, -0.15) is 0 Å². The summed E-state index contributed by atoms with van der Waals surface area (Å²) < 4.78 is 10.9. The van der Waals surface area contributed by atoms with Crippen LogP contribution in [0.4, 0.5) is 4.79 Å². The van der Waals surface area contributed by atoms with E-state index in [1.165, 1.54) is 22.3 Å². The molecule has 1 heterocycles. The number of nitrogens with zero attached hydrogens (tertiary/aromatic N) is 1. The molecule has 0 unspecified atom stereocenters. The Balaban J connectivity index is 1.50. The molecule has 1 fully saturated rings. The molecular formula is C22H21NO3. The third-order valence-electron chi connectivity index (χ3n) is 5.13. The Bertz CT molecular complexity index is 805. The molecule has 4 rings (SSSR count). The van der Waals surface area contributed by atoms with Crippen molar-refractivity contribution in [1.29, 1.82) is 0 Å². The molecule has 0 N–H and O–H groups in total. The first-order chi connectivity index (χ1) is 12.8. The SMILES string of the molecule is C#CCCN(C(=O)OCC1c2ccccc2-c2ccccc21)C1COC1. The maximum absolute atomic E-state index is 12.6. The molecule has 2 aromatic rings. The molecule has 132 valence electrons. The van der Waals surface area contributed by atoms with Gasteiger partial charge in [0, 0.05) is 18.9 Å². The van der Waals surface area contributed by atoms with Gasteiger partial charge in [0.05, 0.1) is 19.3 Å². The highest BCUT2D eigenvalue weighted by atomic mass is 16.6. The minimum atomic E-state index is -0.310. The summed E-state index contributed by atoms with van der Waals surface area (Å²) in [6.07, 6.45) is 5.56. The summed E-state index contributed by atoms with van der Waals surface area (Å²) in [5.74, 6) is 2.66. The van der Waals surface area contributed by atoms with E-state index in [0.29, 0.717) is 32.8 Å². The second kappa shape index (κ2) is 7.23. The van der Waals surface area contributed by atoms with E-state index in [1.807, 2.05) is 24.3 Å². The minimum Gasteiger partial charge on any atom is -0.448 e. The number of terminal acetylenes is 1. The van der Waals surface area contributed by atoms with Gasteiger partial charge < -0.3 is 9.47 Å². The number of benzene rings is 2. The summed E-state index contributed by atoms with van der Waals surface area (Å²) in [5, 5.41) is 0. The average Bonchev–Trinajstić information content (AvgIpc) is 2.95. The first-order valence-electron chi connectivity index (χ1n) is 8.92. The van der Waals surface area contributed by atoms with Crippen LogP contribution < -0.4 is 0 Å². The molecule has 2 aliphatic rings. The number of fused-ring (bicyclic) bond motifs is 3. The molecule has 0 atom stereocenters. The Hall–Kier alpha value is -2.77. The van der Waals surface area contributed by atoms with E-state index >= 15 is 0 Å². The first kappa shape index (κ1) is 16.7. The lowest BCUT2D eigenvalue weighted by atomic mass is 9.98. The molecule has 1 aliphatic carbocycles. The number of rotatable bonds is 5. The van der Waals surface area contributed by atoms with Gasteiger partial charge in [0.25, 0.3) is 0 Å². The van der Waals surface area contributed by atoms with Crippen LogP contribution in [0.5, 0.6) is 0 Å². The van der Waals surface area contributed by atoms with Crippen molar-refractivity contribution in [2.45, 2.75) is 18.4 Å². The van der Waals surface area contributed by atoms with Crippen molar-refractivity contribution in [3.05, 3.63) is 59.7 Å². The summed E-state index contributed by atoms with van der Waals surface area (Å²) in [5.41, 5.74) is 4.87. The lowest BCUT2D eigenvalue weighted by molar-refractivity contribution is -0.0597. The number of carbonyl (C=O) groups excluding carboxylic acids is 1. The zero-order valence-electron chi connectivity index (χ0n) is 14.6. The van der Waals surface area contributed by atoms with E-state index in [-0.39, 0.29) is 18.1 Å². The fraction of sp³-hybridized carbons (Fsp3) is 0.318. The Morgan fingerprint density at radius 1 is 1.12 bits per heavy atom. The predicted molar refractivity (Wildman–Crippen MR) is 99.8 cm³/mol. The Morgan fingerprint density at radius 3 is 2.27 bits per heavy atom. The summed E-state index contributed by atoms with van der Waals surface area (Å²) in [6.45, 7) is 1.93. The van der Waals surface area contributed by atoms with Crippen LogP contribution in [0.15, 0.2) is 48.5 Å². The highest BCUT2D eigenvalue weighted by Crippen LogP contribution is 2.44. The van der Waals surface area contributed by atoms with Gasteiger partial charge in [-0.25, -0.2) is 4.79 Å². The van der Waals surface area contributed by atoms with Gasteiger partial charge in [-0.05, 0) is 22.3 Å². The maximum Gasteiger partial charge on any atom is 0.410 e. The highest BCUT2D eigenvalue weighted by Gasteiger charge is 2.33. The maximum atomic E-state index is 12.6. The summed E-state index contributed by atoms with van der Waals surface area (Å²) >= 11 is 0. The lowest BCUT2D eigenvalue weighted by Crippen LogP contribution is -2.52. The molecule has 0 bridgehead atoms. The number of hydrogen-bond acceptors (Lipinski definition) is 3. The normalized spacial score (nSPS) is 15.5. The van der Waals surface area contributed by atoms with E-state index in [2.05, 4.69) is 30.2 Å². The van der Waals surface area contributed by atoms with E-state index in [9.17, 15) is 4.79 Å². The van der Waals surface area contributed by atoms with Crippen LogP contribution in [0.1, 0.15) is 23.5 Å². The van der Waals surface area contributed by atoms with Crippen LogP contribution in [-0.2, 0) is 9.47 Å². The monoisotopic (exact) mass is 347 g/mol. The fourth-order valence-corrected chi connectivity index (χ4v) is 3.69. The second-order valence-corrected chi connectivity index (χ2v) is 6.64. The molecule has 1 saturated heterocycles. The predicted octanol–water partition coefficient (Wildman–Crippen LogP) is 3.66. The van der Waals surface area contributed by atoms with Gasteiger partial charge >= 0.3 is 6.09 Å². The molecule has 1 aliphatic heterocycles. The molecule has 2 aromatic carbocycles. The topological polar surface area (TPSA) is 38.8 Å². The quantitative estimate of drug-likeness (QED) is 0.775. The lowest BCUT2D eigenvalue weighted by Gasteiger charge is -2.36. The van der Waals surface area contributed by atoms with Crippen LogP contribution in [0, 0.1) is 12.3 Å². The van der Waals surface area contributed by atoms with Gasteiger partial charge in [-0.1, -0.05) is 48.5 Å². The first-order valence-corrected chi connectivity index (χ1v) is 8.92. The smallest absolute Gasteiger partial charge is 0.410 e. The number of carbonyl (C=O) groups is 1. The molecule has 1 amide bonds. The average molecular weight is 347 g/mol. The highest BCUT2D eigenvalue weighted by molar-refractivity contribution is 5.79. The summed E-state index contributed by atoms with van der Waals surface area (Å²) in [4.78, 5) is 14.3. The minimum absolute atomic E-state index is 0.0680. The second-order valence-electron chi connectivity index (χ2n) is 6.64. The van der Waals surface area contributed by atoms with Crippen LogP contribution in [0.25, 0.3) is 11.1 Å². The van der Waals surface area contributed by atoms with Crippen molar-refractivity contribution in [3.63, 3.8) is 0 Å². The number of hydrogen-bond donors (Lipinski definition) is 0. The summed E-state index contributed by atoms with van der Waals surface area (Å²) in [7, 11) is 0. The molecule has 0 aromatic heterocycles. The molecule has 0 saturated carbocycles. The van der Waals surface area contributed by atoms with Crippen LogP contribution in [0.3, 0.4) is 0 Å². The summed E-state index contributed by atoms with van der Waals surface area (Å²) in [6, 6.07) is 16.7. The van der Waals surface area contributed by atoms with Crippen molar-refractivity contribution in [2.75, 3.05) is 26.4 Å². The molecule has 4 nitrogen and oxygen atoms in total. The van der Waals surface area contributed by atoms with Crippen molar-refractivity contribution in [1.82, 2.24) is 4.90 Å². The number of ether oxygens (including phenoxy) is 2. The number of amides is 1. The van der Waals surface area contributed by atoms with E-state index in [1.54, 1.807) is 4.90 Å². The molecule has 0 radical (unpaired) electrons. The van der Waals surface area contributed by atoms with E-state index < -0.39 is 0 Å². The largest absolute Gasteiger partial charge is 0.448 e. The van der Waals surface area contributed by atoms with Crippen LogP contribution in [-0.4, -0.2) is 43.4 Å². The van der Waals surface area contributed by atoms with Crippen molar-refractivity contribution in [3.8, 4) is 23.5 Å². The van der Waals surface area contributed by atoms with Crippen molar-refractivity contribution >= 4 is 6.09 Å². The van der Waals surface area contributed by atoms with Gasteiger partial charge in [0.15, 0.2) is 0 Å². The van der Waals surface area contributed by atoms with Gasteiger partial charge in [-0.3, -0.25) is 4.90 Å². The Labute approximate surface area is 153 Å². The van der Waals surface area contributed by atoms with Crippen LogP contribution in [0.2, 0.25) is 0 Å². The zero-order valence-corrected chi connectivity index (χ0v) is 14.6. The molecule has 0 spiro atoms. The zero-order chi connectivity index (χ0) is 17.9. The van der Waals surface area contributed by atoms with E-state index in [0.717, 1.165) is 0 Å². The van der Waals surface area contributed by atoms with Gasteiger partial charge in [-0.15, -0.1) is 12.3 Å². The van der Waals surface area contributed by atoms with Crippen molar-refractivity contribution < 1.29 is 14.3 Å². The third kappa shape index (κ3) is 2.95.